The fraction of sp³-hybridized carbons (Fsp3) is 0.333. The molecule has 1 aliphatic rings. The molecule has 0 radical (unpaired) electrons. The van der Waals surface area contributed by atoms with Crippen LogP contribution in [0.5, 0.6) is 0 Å². The zero-order chi connectivity index (χ0) is 17.9. The van der Waals surface area contributed by atoms with Crippen molar-refractivity contribution in [3.8, 4) is 0 Å². The van der Waals surface area contributed by atoms with Gasteiger partial charge in [-0.2, -0.15) is 0 Å². The van der Waals surface area contributed by atoms with E-state index in [0.29, 0.717) is 5.56 Å². The minimum absolute atomic E-state index is 0.0175. The molecule has 128 valence electrons. The van der Waals surface area contributed by atoms with Gasteiger partial charge in [-0.1, -0.05) is 12.1 Å². The fourth-order valence-corrected chi connectivity index (χ4v) is 2.31. The molecule has 3 amide bonds. The van der Waals surface area contributed by atoms with E-state index in [1.54, 1.807) is 0 Å². The number of carboxylic acids is 2. The zero-order valence-corrected chi connectivity index (χ0v) is 12.7. The van der Waals surface area contributed by atoms with Gasteiger partial charge in [-0.15, -0.1) is 0 Å². The van der Waals surface area contributed by atoms with Crippen LogP contribution in [-0.2, 0) is 16.1 Å². The Hall–Kier alpha value is -2.94. The Morgan fingerprint density at radius 2 is 1.79 bits per heavy atom. The highest BCUT2D eigenvalue weighted by Crippen LogP contribution is 2.16. The Kier molecular flexibility index (Phi) is 5.14. The average molecular weight is 335 g/mol. The molecule has 1 heterocycles. The number of hydrogen-bond acceptors (Lipinski definition) is 5. The third kappa shape index (κ3) is 3.87. The third-order valence-corrected chi connectivity index (χ3v) is 3.67. The van der Waals surface area contributed by atoms with E-state index >= 15 is 0 Å². The molecule has 0 spiro atoms. The Bertz CT molecular complexity index is 672. The number of nitrogens with two attached hydrogens (primary N) is 1. The molecule has 1 atom stereocenters. The molecule has 1 aromatic rings. The Morgan fingerprint density at radius 1 is 1.17 bits per heavy atom. The number of urea groups is 1. The molecule has 1 fully saturated rings. The van der Waals surface area contributed by atoms with Gasteiger partial charge < -0.3 is 20.8 Å². The summed E-state index contributed by atoms with van der Waals surface area (Å²) in [5.41, 5.74) is 6.12. The van der Waals surface area contributed by atoms with Crippen LogP contribution in [0.2, 0.25) is 0 Å². The molecule has 9 heteroatoms. The van der Waals surface area contributed by atoms with Crippen molar-refractivity contribution in [3.63, 3.8) is 0 Å². The fourth-order valence-electron chi connectivity index (χ4n) is 2.31. The summed E-state index contributed by atoms with van der Waals surface area (Å²) in [6.07, 6.45) is 0.0747. The maximum Gasteiger partial charge on any atom is 0.335 e. The number of imide groups is 1. The number of hydrogen-bond donors (Lipinski definition) is 3. The quantitative estimate of drug-likeness (QED) is 0.661. The lowest BCUT2D eigenvalue weighted by Crippen LogP contribution is -2.55. The molecule has 24 heavy (non-hydrogen) atoms. The molecule has 2 rings (SSSR count). The molecular weight excluding hydrogens is 318 g/mol. The molecule has 4 N–H and O–H groups in total. The lowest BCUT2D eigenvalue weighted by Gasteiger charge is -2.34. The van der Waals surface area contributed by atoms with Crippen molar-refractivity contribution in [2.24, 2.45) is 5.73 Å². The predicted octanol–water partition coefficient (Wildman–Crippen LogP) is -0.0490. The van der Waals surface area contributed by atoms with Crippen LogP contribution in [0.15, 0.2) is 24.3 Å². The van der Waals surface area contributed by atoms with Crippen LogP contribution in [0.25, 0.3) is 0 Å². The molecule has 1 aromatic carbocycles. The molecule has 0 bridgehead atoms. The summed E-state index contributed by atoms with van der Waals surface area (Å²) < 4.78 is 0. The van der Waals surface area contributed by atoms with Crippen molar-refractivity contribution < 1.29 is 29.4 Å². The van der Waals surface area contributed by atoms with Gasteiger partial charge in [0.25, 0.3) is 0 Å². The second-order valence-electron chi connectivity index (χ2n) is 5.41. The van der Waals surface area contributed by atoms with Crippen LogP contribution in [0.1, 0.15) is 22.3 Å². The van der Waals surface area contributed by atoms with E-state index in [2.05, 4.69) is 0 Å². The smallest absolute Gasteiger partial charge is 0.335 e. The maximum absolute atomic E-state index is 12.4. The van der Waals surface area contributed by atoms with E-state index in [4.69, 9.17) is 15.9 Å². The average Bonchev–Trinajstić information content (AvgIpc) is 2.54. The van der Waals surface area contributed by atoms with Crippen LogP contribution in [0, 0.1) is 0 Å². The molecule has 9 nitrogen and oxygen atoms in total. The highest BCUT2D eigenvalue weighted by molar-refractivity contribution is 5.97. The summed E-state index contributed by atoms with van der Waals surface area (Å²) in [6, 6.07) is 3.98. The molecular formula is C15H17N3O6. The first-order valence-corrected chi connectivity index (χ1v) is 7.19. The van der Waals surface area contributed by atoms with Gasteiger partial charge in [-0.3, -0.25) is 14.5 Å². The molecule has 0 aromatic heterocycles. The second kappa shape index (κ2) is 7.09. The standard InChI is InChI=1S/C15H17N3O6/c16-11(14(22)23)8-17-6-5-12(19)18(15(17)24)7-9-1-3-10(4-2-9)13(20)21/h1-4,11H,5-8,16H2,(H,20,21)(H,22,23). The number of carbonyl (C=O) groups excluding carboxylic acids is 2. The normalized spacial score (nSPS) is 16.2. The molecule has 1 saturated heterocycles. The summed E-state index contributed by atoms with van der Waals surface area (Å²) in [4.78, 5) is 48.2. The van der Waals surface area contributed by atoms with Gasteiger partial charge in [0.1, 0.15) is 6.04 Å². The third-order valence-electron chi connectivity index (χ3n) is 3.67. The summed E-state index contributed by atoms with van der Waals surface area (Å²) >= 11 is 0. The van der Waals surface area contributed by atoms with Crippen molar-refractivity contribution in [2.75, 3.05) is 13.1 Å². The number of aliphatic carboxylic acids is 1. The minimum atomic E-state index is -1.23. The summed E-state index contributed by atoms with van der Waals surface area (Å²) in [7, 11) is 0. The van der Waals surface area contributed by atoms with Gasteiger partial charge in [0.2, 0.25) is 5.91 Å². The molecule has 1 aliphatic heterocycles. The maximum atomic E-state index is 12.4. The van der Waals surface area contributed by atoms with Crippen LogP contribution >= 0.6 is 0 Å². The lowest BCUT2D eigenvalue weighted by molar-refractivity contribution is -0.138. The summed E-state index contributed by atoms with van der Waals surface area (Å²) in [5, 5.41) is 17.7. The zero-order valence-electron chi connectivity index (χ0n) is 12.7. The lowest BCUT2D eigenvalue weighted by atomic mass is 10.1. The highest BCUT2D eigenvalue weighted by atomic mass is 16.4. The van der Waals surface area contributed by atoms with E-state index in [9.17, 15) is 19.2 Å². The largest absolute Gasteiger partial charge is 0.480 e. The van der Waals surface area contributed by atoms with E-state index in [0.717, 1.165) is 4.90 Å². The topological polar surface area (TPSA) is 141 Å². The SMILES string of the molecule is NC(CN1CCC(=O)N(Cc2ccc(C(=O)O)cc2)C1=O)C(=O)O. The van der Waals surface area contributed by atoms with Crippen molar-refractivity contribution >= 4 is 23.9 Å². The predicted molar refractivity (Wildman–Crippen MR) is 81.1 cm³/mol. The monoisotopic (exact) mass is 335 g/mol. The number of benzene rings is 1. The van der Waals surface area contributed by atoms with Crippen molar-refractivity contribution in [3.05, 3.63) is 35.4 Å². The van der Waals surface area contributed by atoms with E-state index in [1.807, 2.05) is 0 Å². The number of carboxylic acid groups (broad SMARTS) is 2. The number of rotatable bonds is 6. The van der Waals surface area contributed by atoms with Gasteiger partial charge in [-0.25, -0.2) is 9.59 Å². The van der Waals surface area contributed by atoms with E-state index in [1.165, 1.54) is 29.2 Å². The van der Waals surface area contributed by atoms with Gasteiger partial charge >= 0.3 is 18.0 Å². The van der Waals surface area contributed by atoms with Gasteiger partial charge in [0, 0.05) is 19.5 Å². The number of amides is 3. The second-order valence-corrected chi connectivity index (χ2v) is 5.41. The van der Waals surface area contributed by atoms with E-state index < -0.39 is 24.0 Å². The summed E-state index contributed by atoms with van der Waals surface area (Å²) in [6.45, 7) is -0.0840. The molecule has 0 saturated carbocycles. The van der Waals surface area contributed by atoms with Crippen LogP contribution in [0.4, 0.5) is 4.79 Å². The first kappa shape index (κ1) is 17.4. The van der Waals surface area contributed by atoms with Crippen LogP contribution in [-0.4, -0.2) is 63.0 Å². The number of carbonyl (C=O) groups is 4. The number of nitrogens with zero attached hydrogens (tertiary/aromatic N) is 2. The van der Waals surface area contributed by atoms with Gasteiger partial charge in [0.15, 0.2) is 0 Å². The van der Waals surface area contributed by atoms with Crippen molar-refractivity contribution in [2.45, 2.75) is 19.0 Å². The highest BCUT2D eigenvalue weighted by Gasteiger charge is 2.33. The Labute approximate surface area is 137 Å². The summed E-state index contributed by atoms with van der Waals surface area (Å²) in [5.74, 6) is -2.67. The van der Waals surface area contributed by atoms with Gasteiger partial charge in [-0.05, 0) is 17.7 Å². The molecule has 0 aliphatic carbocycles. The Morgan fingerprint density at radius 3 is 2.33 bits per heavy atom. The van der Waals surface area contributed by atoms with Gasteiger partial charge in [0.05, 0.1) is 12.1 Å². The minimum Gasteiger partial charge on any atom is -0.480 e. The Balaban J connectivity index is 2.09. The first-order valence-electron chi connectivity index (χ1n) is 7.19. The van der Waals surface area contributed by atoms with Crippen LogP contribution in [0.3, 0.4) is 0 Å². The first-order chi connectivity index (χ1) is 11.3. The molecule has 1 unspecified atom stereocenters. The van der Waals surface area contributed by atoms with E-state index in [-0.39, 0.29) is 37.5 Å². The van der Waals surface area contributed by atoms with Crippen molar-refractivity contribution in [1.29, 1.82) is 0 Å². The number of aromatic carboxylic acids is 1. The van der Waals surface area contributed by atoms with Crippen molar-refractivity contribution in [1.82, 2.24) is 9.80 Å². The van der Waals surface area contributed by atoms with Crippen LogP contribution < -0.4 is 5.73 Å².